The molecular weight excluding hydrogens is 346 g/mol. The van der Waals surface area contributed by atoms with Crippen molar-refractivity contribution < 1.29 is 4.79 Å². The summed E-state index contributed by atoms with van der Waals surface area (Å²) in [5, 5.41) is 0. The molecule has 0 N–H and O–H groups in total. The van der Waals surface area contributed by atoms with Crippen LogP contribution in [0.4, 0.5) is 5.69 Å². The predicted molar refractivity (Wildman–Crippen MR) is 111 cm³/mol. The quantitative estimate of drug-likeness (QED) is 0.806. The van der Waals surface area contributed by atoms with Gasteiger partial charge in [0.15, 0.2) is 0 Å². The van der Waals surface area contributed by atoms with E-state index in [9.17, 15) is 4.79 Å². The summed E-state index contributed by atoms with van der Waals surface area (Å²) in [6.45, 7) is 5.14. The van der Waals surface area contributed by atoms with Gasteiger partial charge < -0.3 is 9.80 Å². The molecule has 1 aromatic carbocycles. The number of likely N-dealkylation sites (tertiary alicyclic amines) is 1. The van der Waals surface area contributed by atoms with Crippen LogP contribution in [0.2, 0.25) is 0 Å². The monoisotopic (exact) mass is 375 g/mol. The molecule has 4 heteroatoms. The Hall–Kier alpha value is -2.36. The number of amides is 1. The largest absolute Gasteiger partial charge is 0.371 e. The molecule has 2 aliphatic heterocycles. The molecule has 4 nitrogen and oxygen atoms in total. The molecule has 0 spiro atoms. The van der Waals surface area contributed by atoms with E-state index in [4.69, 9.17) is 0 Å². The van der Waals surface area contributed by atoms with Crippen LogP contribution in [0.15, 0.2) is 48.8 Å². The first-order valence-electron chi connectivity index (χ1n) is 10.7. The van der Waals surface area contributed by atoms with Crippen LogP contribution in [0.3, 0.4) is 0 Å². The summed E-state index contributed by atoms with van der Waals surface area (Å²) in [7, 11) is 0. The molecule has 5 rings (SSSR count). The SMILES string of the molecule is Cc1ccccc1[C@@H]1[C@H]2CN(c3ccncc3)C[C@H]2CN1C(=O)C1CCCC1. The lowest BCUT2D eigenvalue weighted by atomic mass is 9.87. The number of nitrogens with zero attached hydrogens (tertiary/aromatic N) is 3. The Morgan fingerprint density at radius 1 is 1.00 bits per heavy atom. The molecule has 3 heterocycles. The first-order chi connectivity index (χ1) is 13.7. The Morgan fingerprint density at radius 3 is 2.50 bits per heavy atom. The molecule has 2 aromatic rings. The molecule has 0 bridgehead atoms. The van der Waals surface area contributed by atoms with Gasteiger partial charge in [0.05, 0.1) is 6.04 Å². The van der Waals surface area contributed by atoms with Crippen molar-refractivity contribution in [3.05, 3.63) is 59.9 Å². The van der Waals surface area contributed by atoms with Crippen molar-refractivity contribution in [2.45, 2.75) is 38.6 Å². The molecular formula is C24H29N3O. The third-order valence-corrected chi connectivity index (χ3v) is 7.19. The molecule has 3 fully saturated rings. The van der Waals surface area contributed by atoms with Crippen molar-refractivity contribution in [2.24, 2.45) is 17.8 Å². The second-order valence-corrected chi connectivity index (χ2v) is 8.81. The molecule has 0 unspecified atom stereocenters. The van der Waals surface area contributed by atoms with E-state index in [2.05, 4.69) is 58.1 Å². The highest BCUT2D eigenvalue weighted by atomic mass is 16.2. The zero-order valence-corrected chi connectivity index (χ0v) is 16.6. The van der Waals surface area contributed by atoms with Crippen molar-refractivity contribution >= 4 is 11.6 Å². The van der Waals surface area contributed by atoms with Crippen LogP contribution in [0, 0.1) is 24.7 Å². The van der Waals surface area contributed by atoms with Gasteiger partial charge in [-0.15, -0.1) is 0 Å². The van der Waals surface area contributed by atoms with E-state index >= 15 is 0 Å². The van der Waals surface area contributed by atoms with Crippen LogP contribution in [0.25, 0.3) is 0 Å². The van der Waals surface area contributed by atoms with E-state index in [1.165, 1.54) is 29.7 Å². The maximum Gasteiger partial charge on any atom is 0.226 e. The van der Waals surface area contributed by atoms with Crippen molar-refractivity contribution in [2.75, 3.05) is 24.5 Å². The van der Waals surface area contributed by atoms with Gasteiger partial charge in [0.1, 0.15) is 0 Å². The summed E-state index contributed by atoms with van der Waals surface area (Å²) in [5.41, 5.74) is 3.90. The van der Waals surface area contributed by atoms with Gasteiger partial charge >= 0.3 is 0 Å². The van der Waals surface area contributed by atoms with Crippen LogP contribution >= 0.6 is 0 Å². The third kappa shape index (κ3) is 2.99. The second kappa shape index (κ2) is 7.23. The van der Waals surface area contributed by atoms with Crippen molar-refractivity contribution in [1.29, 1.82) is 0 Å². The lowest BCUT2D eigenvalue weighted by molar-refractivity contribution is -0.136. The number of benzene rings is 1. The Balaban J connectivity index is 1.46. The minimum Gasteiger partial charge on any atom is -0.371 e. The zero-order valence-electron chi connectivity index (χ0n) is 16.6. The van der Waals surface area contributed by atoms with E-state index in [-0.39, 0.29) is 12.0 Å². The maximum absolute atomic E-state index is 13.4. The fourth-order valence-electron chi connectivity index (χ4n) is 5.76. The number of carbonyl (C=O) groups excluding carboxylic acids is 1. The van der Waals surface area contributed by atoms with E-state index in [0.29, 0.717) is 17.7 Å². The highest BCUT2D eigenvalue weighted by Crippen LogP contribution is 2.47. The van der Waals surface area contributed by atoms with Crippen molar-refractivity contribution in [3.63, 3.8) is 0 Å². The number of aromatic nitrogens is 1. The van der Waals surface area contributed by atoms with Gasteiger partial charge in [0.25, 0.3) is 0 Å². The van der Waals surface area contributed by atoms with E-state index in [0.717, 1.165) is 32.5 Å². The molecule has 0 radical (unpaired) electrons. The average Bonchev–Trinajstić information content (AvgIpc) is 3.45. The van der Waals surface area contributed by atoms with Gasteiger partial charge in [0, 0.05) is 55.5 Å². The number of fused-ring (bicyclic) bond motifs is 1. The summed E-state index contributed by atoms with van der Waals surface area (Å²) >= 11 is 0. The standard InChI is InChI=1S/C24H29N3O/c1-17-6-2-5-9-21(17)23-22-16-26(20-10-12-25-13-11-20)14-19(22)15-27(23)24(28)18-7-3-4-8-18/h2,5-6,9-13,18-19,22-23H,3-4,7-8,14-16H2,1H3/t19-,22-,23+/m0/s1. The number of hydrogen-bond donors (Lipinski definition) is 0. The van der Waals surface area contributed by atoms with Gasteiger partial charge in [-0.25, -0.2) is 0 Å². The normalized spacial score (nSPS) is 27.4. The van der Waals surface area contributed by atoms with E-state index in [1.807, 2.05) is 12.4 Å². The zero-order chi connectivity index (χ0) is 19.1. The minimum atomic E-state index is 0.214. The first kappa shape index (κ1) is 17.7. The molecule has 1 amide bonds. The molecule has 1 saturated carbocycles. The van der Waals surface area contributed by atoms with Gasteiger partial charge in [0.2, 0.25) is 5.91 Å². The number of hydrogen-bond acceptors (Lipinski definition) is 3. The summed E-state index contributed by atoms with van der Waals surface area (Å²) in [5.74, 6) is 1.71. The maximum atomic E-state index is 13.4. The third-order valence-electron chi connectivity index (χ3n) is 7.19. The van der Waals surface area contributed by atoms with Crippen LogP contribution in [-0.4, -0.2) is 35.4 Å². The highest BCUT2D eigenvalue weighted by molar-refractivity contribution is 5.80. The number of aryl methyl sites for hydroxylation is 1. The number of pyridine rings is 1. The Labute approximate surface area is 167 Å². The Morgan fingerprint density at radius 2 is 1.75 bits per heavy atom. The van der Waals surface area contributed by atoms with Crippen LogP contribution in [0.5, 0.6) is 0 Å². The van der Waals surface area contributed by atoms with Gasteiger partial charge in [-0.2, -0.15) is 0 Å². The molecule has 2 saturated heterocycles. The molecule has 1 aliphatic carbocycles. The summed E-state index contributed by atoms with van der Waals surface area (Å²) < 4.78 is 0. The molecule has 3 aliphatic rings. The molecule has 1 aromatic heterocycles. The van der Waals surface area contributed by atoms with Crippen LogP contribution in [0.1, 0.15) is 42.9 Å². The van der Waals surface area contributed by atoms with Crippen LogP contribution in [-0.2, 0) is 4.79 Å². The fraction of sp³-hybridized carbons (Fsp3) is 0.500. The van der Waals surface area contributed by atoms with Crippen molar-refractivity contribution in [1.82, 2.24) is 9.88 Å². The number of rotatable bonds is 3. The molecule has 28 heavy (non-hydrogen) atoms. The topological polar surface area (TPSA) is 36.4 Å². The van der Waals surface area contributed by atoms with Crippen LogP contribution < -0.4 is 4.90 Å². The second-order valence-electron chi connectivity index (χ2n) is 8.81. The highest BCUT2D eigenvalue weighted by Gasteiger charge is 2.50. The minimum absolute atomic E-state index is 0.214. The van der Waals surface area contributed by atoms with E-state index < -0.39 is 0 Å². The van der Waals surface area contributed by atoms with Gasteiger partial charge in [-0.1, -0.05) is 37.1 Å². The Bertz CT molecular complexity index is 846. The summed E-state index contributed by atoms with van der Waals surface area (Å²) in [6.07, 6.45) is 8.32. The fourth-order valence-corrected chi connectivity index (χ4v) is 5.76. The van der Waals surface area contributed by atoms with E-state index in [1.54, 1.807) is 0 Å². The van der Waals surface area contributed by atoms with Crippen molar-refractivity contribution in [3.8, 4) is 0 Å². The predicted octanol–water partition coefficient (Wildman–Crippen LogP) is 4.22. The smallest absolute Gasteiger partial charge is 0.226 e. The average molecular weight is 376 g/mol. The molecule has 146 valence electrons. The Kier molecular flexibility index (Phi) is 4.58. The molecule has 3 atom stereocenters. The lowest BCUT2D eigenvalue weighted by Crippen LogP contribution is -2.38. The number of anilines is 1. The first-order valence-corrected chi connectivity index (χ1v) is 10.7. The summed E-state index contributed by atoms with van der Waals surface area (Å²) in [6, 6.07) is 13.1. The summed E-state index contributed by atoms with van der Waals surface area (Å²) in [4.78, 5) is 22.3. The van der Waals surface area contributed by atoms with Gasteiger partial charge in [-0.3, -0.25) is 9.78 Å². The number of carbonyl (C=O) groups is 1. The van der Waals surface area contributed by atoms with Gasteiger partial charge in [-0.05, 0) is 43.0 Å². The lowest BCUT2D eigenvalue weighted by Gasteiger charge is -2.33.